The summed E-state index contributed by atoms with van der Waals surface area (Å²) in [6, 6.07) is 9.79. The number of hydrogen-bond donors (Lipinski definition) is 5. The van der Waals surface area contributed by atoms with Gasteiger partial charge in [0.15, 0.2) is 0 Å². The Morgan fingerprint density at radius 2 is 1.74 bits per heavy atom. The molecule has 1 fully saturated rings. The molecule has 0 bridgehead atoms. The van der Waals surface area contributed by atoms with Crippen molar-refractivity contribution in [3.8, 4) is 0 Å². The normalized spacial score (nSPS) is 16.0. The molecule has 15 nitrogen and oxygen atoms in total. The number of carbonyl (C=O) groups excluding carboxylic acids is 3. The van der Waals surface area contributed by atoms with Gasteiger partial charge < -0.3 is 41.2 Å². The molecule has 0 spiro atoms. The Balaban J connectivity index is 1.06. The Labute approximate surface area is 269 Å². The fourth-order valence-electron chi connectivity index (χ4n) is 5.31. The summed E-state index contributed by atoms with van der Waals surface area (Å²) in [7, 11) is 0. The first kappa shape index (κ1) is 35.1. The standard InChI is InChI=1S/C31H47N9O6/c32-6-14-45-15-16-46-22-30(43)40-12-10-38(11-13-40)9-7-33-29(42)19-34-28-17-27(36-23-37-28)31(44)35-18-26(41)21-39-8-5-24-3-1-2-4-25(24)20-39/h1-4,17,23,26,41H,5-16,18-22,32H2,(H,33,42)(H,35,44)(H,34,36,37). The SMILES string of the molecule is NCCOCCOCC(=O)N1CCN(CCNC(=O)CNc2cc(C(=O)NCC(O)CN3CCc4ccccc4C3)ncn2)CC1. The van der Waals surface area contributed by atoms with Crippen molar-refractivity contribution in [2.45, 2.75) is 19.1 Å². The van der Waals surface area contributed by atoms with E-state index in [4.69, 9.17) is 15.2 Å². The van der Waals surface area contributed by atoms with Crippen LogP contribution < -0.4 is 21.7 Å². The van der Waals surface area contributed by atoms with Gasteiger partial charge in [0.1, 0.15) is 24.4 Å². The van der Waals surface area contributed by atoms with Gasteiger partial charge in [0.05, 0.1) is 32.5 Å². The summed E-state index contributed by atoms with van der Waals surface area (Å²) in [5.41, 5.74) is 8.11. The summed E-state index contributed by atoms with van der Waals surface area (Å²) in [4.78, 5) is 51.6. The Morgan fingerprint density at radius 3 is 2.54 bits per heavy atom. The second-order valence-electron chi connectivity index (χ2n) is 11.3. The van der Waals surface area contributed by atoms with E-state index in [1.54, 1.807) is 4.90 Å². The highest BCUT2D eigenvalue weighted by atomic mass is 16.5. The van der Waals surface area contributed by atoms with Gasteiger partial charge in [0, 0.05) is 78.1 Å². The third-order valence-electron chi connectivity index (χ3n) is 7.84. The molecule has 2 aliphatic rings. The van der Waals surface area contributed by atoms with Gasteiger partial charge in [-0.25, -0.2) is 9.97 Å². The van der Waals surface area contributed by atoms with Crippen LogP contribution in [0.3, 0.4) is 0 Å². The molecule has 6 N–H and O–H groups in total. The van der Waals surface area contributed by atoms with Crippen molar-refractivity contribution < 1.29 is 29.0 Å². The van der Waals surface area contributed by atoms with Gasteiger partial charge in [-0.15, -0.1) is 0 Å². The molecule has 1 atom stereocenters. The van der Waals surface area contributed by atoms with Crippen molar-refractivity contribution in [2.24, 2.45) is 5.73 Å². The topological polar surface area (TPSA) is 188 Å². The van der Waals surface area contributed by atoms with Crippen molar-refractivity contribution >= 4 is 23.5 Å². The zero-order valence-electron chi connectivity index (χ0n) is 26.4. The number of β-amino-alcohol motifs (C(OH)–C–C–N with tert-alkyl or cyclic N) is 1. The van der Waals surface area contributed by atoms with Crippen molar-refractivity contribution in [3.05, 3.63) is 53.5 Å². The van der Waals surface area contributed by atoms with Gasteiger partial charge in [0.2, 0.25) is 11.8 Å². The average molecular weight is 642 g/mol. The molecule has 0 saturated carbocycles. The minimum Gasteiger partial charge on any atom is -0.390 e. The summed E-state index contributed by atoms with van der Waals surface area (Å²) < 4.78 is 10.6. The van der Waals surface area contributed by atoms with Crippen molar-refractivity contribution in [3.63, 3.8) is 0 Å². The van der Waals surface area contributed by atoms with Gasteiger partial charge in [-0.3, -0.25) is 24.2 Å². The summed E-state index contributed by atoms with van der Waals surface area (Å²) in [5.74, 6) is -0.342. The number of aliphatic hydroxyl groups is 1. The number of aliphatic hydroxyl groups excluding tert-OH is 1. The third kappa shape index (κ3) is 11.9. The van der Waals surface area contributed by atoms with Crippen LogP contribution in [0.15, 0.2) is 36.7 Å². The van der Waals surface area contributed by atoms with Gasteiger partial charge >= 0.3 is 0 Å². The number of hydrogen-bond acceptors (Lipinski definition) is 12. The molecule has 1 saturated heterocycles. The van der Waals surface area contributed by atoms with Crippen LogP contribution in [0.1, 0.15) is 21.6 Å². The highest BCUT2D eigenvalue weighted by molar-refractivity contribution is 5.93. The molecule has 1 aromatic carbocycles. The maximum Gasteiger partial charge on any atom is 0.270 e. The lowest BCUT2D eigenvalue weighted by Crippen LogP contribution is -2.51. The predicted octanol–water partition coefficient (Wildman–Crippen LogP) is -1.71. The van der Waals surface area contributed by atoms with E-state index >= 15 is 0 Å². The Morgan fingerprint density at radius 1 is 0.957 bits per heavy atom. The Hall–Kier alpha value is -3.73. The van der Waals surface area contributed by atoms with Crippen molar-refractivity contribution in [2.75, 3.05) is 104 Å². The largest absolute Gasteiger partial charge is 0.390 e. The molecular formula is C31H47N9O6. The molecular weight excluding hydrogens is 594 g/mol. The second kappa shape index (κ2) is 19.1. The molecule has 3 heterocycles. The zero-order chi connectivity index (χ0) is 32.6. The average Bonchev–Trinajstić information content (AvgIpc) is 3.08. The first-order valence-electron chi connectivity index (χ1n) is 15.8. The van der Waals surface area contributed by atoms with Gasteiger partial charge in [0.25, 0.3) is 5.91 Å². The molecule has 3 amide bonds. The quantitative estimate of drug-likeness (QED) is 0.116. The molecule has 15 heteroatoms. The summed E-state index contributed by atoms with van der Waals surface area (Å²) in [6.07, 6.45) is 1.47. The number of rotatable bonds is 18. The van der Waals surface area contributed by atoms with Gasteiger partial charge in [-0.05, 0) is 17.5 Å². The number of nitrogens with one attached hydrogen (secondary N) is 3. The Bertz CT molecular complexity index is 1260. The maximum absolute atomic E-state index is 12.7. The van der Waals surface area contributed by atoms with Crippen LogP contribution in [-0.2, 0) is 32.0 Å². The number of nitrogens with two attached hydrogens (primary N) is 1. The molecule has 1 unspecified atom stereocenters. The fourth-order valence-corrected chi connectivity index (χ4v) is 5.31. The molecule has 2 aromatic rings. The van der Waals surface area contributed by atoms with Crippen LogP contribution >= 0.6 is 0 Å². The summed E-state index contributed by atoms with van der Waals surface area (Å²) >= 11 is 0. The lowest BCUT2D eigenvalue weighted by atomic mass is 10.00. The Kier molecular flexibility index (Phi) is 14.5. The number of ether oxygens (including phenoxy) is 2. The van der Waals surface area contributed by atoms with Crippen LogP contribution in [0, 0.1) is 0 Å². The third-order valence-corrected chi connectivity index (χ3v) is 7.84. The minimum atomic E-state index is -0.721. The number of anilines is 1. The summed E-state index contributed by atoms with van der Waals surface area (Å²) in [6.45, 7) is 7.69. The molecule has 252 valence electrons. The van der Waals surface area contributed by atoms with Crippen LogP contribution in [0.5, 0.6) is 0 Å². The molecule has 2 aliphatic heterocycles. The van der Waals surface area contributed by atoms with Gasteiger partial charge in [-0.2, -0.15) is 0 Å². The zero-order valence-corrected chi connectivity index (χ0v) is 26.4. The minimum absolute atomic E-state index is 0.0186. The fraction of sp³-hybridized carbons (Fsp3) is 0.581. The van der Waals surface area contributed by atoms with E-state index < -0.39 is 12.0 Å². The second-order valence-corrected chi connectivity index (χ2v) is 11.3. The smallest absolute Gasteiger partial charge is 0.270 e. The maximum atomic E-state index is 12.7. The molecule has 46 heavy (non-hydrogen) atoms. The van der Waals surface area contributed by atoms with E-state index in [2.05, 4.69) is 47.9 Å². The molecule has 0 aliphatic carbocycles. The van der Waals surface area contributed by atoms with Crippen molar-refractivity contribution in [1.82, 2.24) is 35.3 Å². The van der Waals surface area contributed by atoms with Crippen molar-refractivity contribution in [1.29, 1.82) is 0 Å². The lowest BCUT2D eigenvalue weighted by molar-refractivity contribution is -0.138. The first-order chi connectivity index (χ1) is 22.4. The number of carbonyl (C=O) groups is 3. The van der Waals surface area contributed by atoms with E-state index in [0.29, 0.717) is 64.9 Å². The van der Waals surface area contributed by atoms with Crippen LogP contribution in [0.4, 0.5) is 5.82 Å². The van der Waals surface area contributed by atoms with E-state index in [-0.39, 0.29) is 37.2 Å². The highest BCUT2D eigenvalue weighted by Crippen LogP contribution is 2.18. The van der Waals surface area contributed by atoms with Gasteiger partial charge in [-0.1, -0.05) is 24.3 Å². The monoisotopic (exact) mass is 641 g/mol. The number of fused-ring (bicyclic) bond motifs is 1. The number of benzene rings is 1. The van der Waals surface area contributed by atoms with E-state index in [9.17, 15) is 19.5 Å². The number of amides is 3. The highest BCUT2D eigenvalue weighted by Gasteiger charge is 2.21. The number of aromatic nitrogens is 2. The molecule has 4 rings (SSSR count). The lowest BCUT2D eigenvalue weighted by Gasteiger charge is -2.34. The van der Waals surface area contributed by atoms with Crippen LogP contribution in [-0.4, -0.2) is 152 Å². The van der Waals surface area contributed by atoms with E-state index in [1.807, 2.05) is 12.1 Å². The molecule has 1 aromatic heterocycles. The predicted molar refractivity (Wildman–Crippen MR) is 171 cm³/mol. The van der Waals surface area contributed by atoms with Crippen LogP contribution in [0.25, 0.3) is 0 Å². The van der Waals surface area contributed by atoms with E-state index in [1.165, 1.54) is 23.5 Å². The van der Waals surface area contributed by atoms with Crippen LogP contribution in [0.2, 0.25) is 0 Å². The number of nitrogens with zero attached hydrogens (tertiary/aromatic N) is 5. The van der Waals surface area contributed by atoms with E-state index in [0.717, 1.165) is 32.6 Å². The number of piperazine rings is 1. The summed E-state index contributed by atoms with van der Waals surface area (Å²) in [5, 5.41) is 19.0. The first-order valence-corrected chi connectivity index (χ1v) is 15.8. The molecule has 0 radical (unpaired) electrons.